The monoisotopic (exact) mass is 218 g/mol. The number of carboxylic acid groups (broad SMARTS) is 1. The number of aromatic carboxylic acids is 1. The minimum Gasteiger partial charge on any atom is -0.478 e. The second kappa shape index (κ2) is 5.12. The van der Waals surface area contributed by atoms with Crippen LogP contribution in [0.5, 0.6) is 0 Å². The molecular formula is C13H16NO2. The van der Waals surface area contributed by atoms with Crippen molar-refractivity contribution in [1.29, 1.82) is 0 Å². The largest absolute Gasteiger partial charge is 0.478 e. The number of benzene rings is 1. The highest BCUT2D eigenvalue weighted by Crippen LogP contribution is 2.15. The lowest BCUT2D eigenvalue weighted by Crippen LogP contribution is -2.30. The Hall–Kier alpha value is -1.35. The molecule has 1 aromatic carbocycles. The summed E-state index contributed by atoms with van der Waals surface area (Å²) in [5, 5.41) is 9.07. The molecule has 1 aromatic rings. The Labute approximate surface area is 95.7 Å². The van der Waals surface area contributed by atoms with Crippen molar-refractivity contribution in [3.63, 3.8) is 0 Å². The Morgan fingerprint density at radius 1 is 1.25 bits per heavy atom. The highest BCUT2D eigenvalue weighted by molar-refractivity contribution is 5.89. The first kappa shape index (κ1) is 11.1. The molecule has 0 bridgehead atoms. The van der Waals surface area contributed by atoms with Gasteiger partial charge in [0, 0.05) is 6.54 Å². The third-order valence-corrected chi connectivity index (χ3v) is 2.94. The van der Waals surface area contributed by atoms with Crippen LogP contribution in [-0.2, 0) is 6.54 Å². The van der Waals surface area contributed by atoms with E-state index in [0.717, 1.165) is 38.0 Å². The van der Waals surface area contributed by atoms with Crippen molar-refractivity contribution in [3.05, 3.63) is 41.8 Å². The summed E-state index contributed by atoms with van der Waals surface area (Å²) in [5.41, 5.74) is 1.34. The van der Waals surface area contributed by atoms with Gasteiger partial charge in [0.05, 0.1) is 5.56 Å². The van der Waals surface area contributed by atoms with Gasteiger partial charge in [-0.1, -0.05) is 18.2 Å². The molecule has 85 valence electrons. The zero-order valence-corrected chi connectivity index (χ0v) is 9.22. The summed E-state index contributed by atoms with van der Waals surface area (Å²) in [4.78, 5) is 13.3. The van der Waals surface area contributed by atoms with Crippen molar-refractivity contribution in [2.24, 2.45) is 0 Å². The summed E-state index contributed by atoms with van der Waals surface area (Å²) in [5.74, 6) is -0.834. The topological polar surface area (TPSA) is 40.5 Å². The maximum Gasteiger partial charge on any atom is 0.336 e. The summed E-state index contributed by atoms with van der Waals surface area (Å²) in [6.07, 6.45) is 4.50. The van der Waals surface area contributed by atoms with Crippen molar-refractivity contribution < 1.29 is 9.90 Å². The fourth-order valence-corrected chi connectivity index (χ4v) is 2.07. The van der Waals surface area contributed by atoms with Crippen LogP contribution in [0, 0.1) is 6.42 Å². The lowest BCUT2D eigenvalue weighted by Gasteiger charge is -2.26. The third kappa shape index (κ3) is 2.61. The Bertz CT molecular complexity index is 370. The highest BCUT2D eigenvalue weighted by atomic mass is 16.4. The van der Waals surface area contributed by atoms with Crippen molar-refractivity contribution >= 4 is 5.97 Å². The van der Waals surface area contributed by atoms with E-state index < -0.39 is 5.97 Å². The Morgan fingerprint density at radius 3 is 2.62 bits per heavy atom. The molecule has 16 heavy (non-hydrogen) atoms. The number of likely N-dealkylation sites (tertiary alicyclic amines) is 1. The standard InChI is InChI=1S/C13H16NO2/c15-13(16)12-7-3-2-6-11(12)10-14-8-4-1-5-9-14/h1-3,6-7H,4-5,8-10H2,(H,15,16). The second-order valence-electron chi connectivity index (χ2n) is 4.10. The number of carbonyl (C=O) groups is 1. The van der Waals surface area contributed by atoms with Gasteiger partial charge in [0.25, 0.3) is 0 Å². The molecule has 1 aliphatic rings. The van der Waals surface area contributed by atoms with Gasteiger partial charge in [0.1, 0.15) is 0 Å². The van der Waals surface area contributed by atoms with Crippen LogP contribution in [0.2, 0.25) is 0 Å². The number of nitrogens with zero attached hydrogens (tertiary/aromatic N) is 1. The second-order valence-corrected chi connectivity index (χ2v) is 4.10. The lowest BCUT2D eigenvalue weighted by molar-refractivity contribution is 0.0694. The van der Waals surface area contributed by atoms with E-state index >= 15 is 0 Å². The van der Waals surface area contributed by atoms with E-state index in [1.165, 1.54) is 0 Å². The number of hydrogen-bond donors (Lipinski definition) is 1. The molecule has 1 heterocycles. The van der Waals surface area contributed by atoms with Gasteiger partial charge in [-0.3, -0.25) is 4.90 Å². The molecule has 1 aliphatic heterocycles. The summed E-state index contributed by atoms with van der Waals surface area (Å²) in [7, 11) is 0. The Balaban J connectivity index is 2.10. The molecule has 1 N–H and O–H groups in total. The van der Waals surface area contributed by atoms with Crippen molar-refractivity contribution in [2.45, 2.75) is 19.4 Å². The predicted octanol–water partition coefficient (Wildman–Crippen LogP) is 2.18. The van der Waals surface area contributed by atoms with Gasteiger partial charge in [-0.15, -0.1) is 0 Å². The van der Waals surface area contributed by atoms with Crippen molar-refractivity contribution in [2.75, 3.05) is 13.1 Å². The van der Waals surface area contributed by atoms with Crippen LogP contribution in [0.25, 0.3) is 0 Å². The van der Waals surface area contributed by atoms with Gasteiger partial charge in [0.2, 0.25) is 0 Å². The summed E-state index contributed by atoms with van der Waals surface area (Å²) < 4.78 is 0. The molecule has 0 saturated carbocycles. The van der Waals surface area contributed by atoms with Crippen LogP contribution in [0.1, 0.15) is 28.8 Å². The molecule has 0 atom stereocenters. The predicted molar refractivity (Wildman–Crippen MR) is 62.2 cm³/mol. The fraction of sp³-hybridized carbons (Fsp3) is 0.385. The average Bonchev–Trinajstić information content (AvgIpc) is 2.31. The van der Waals surface area contributed by atoms with Crippen LogP contribution in [0.3, 0.4) is 0 Å². The SMILES string of the molecule is O=C(O)c1ccccc1CN1CC[CH]CC1. The highest BCUT2D eigenvalue weighted by Gasteiger charge is 2.14. The maximum atomic E-state index is 11.0. The molecule has 1 fully saturated rings. The molecule has 3 heteroatoms. The van der Waals surface area contributed by atoms with Crippen molar-refractivity contribution in [1.82, 2.24) is 4.90 Å². The first-order valence-electron chi connectivity index (χ1n) is 5.62. The molecule has 2 rings (SSSR count). The normalized spacial score (nSPS) is 17.2. The minimum absolute atomic E-state index is 0.428. The zero-order chi connectivity index (χ0) is 11.4. The van der Waals surface area contributed by atoms with Crippen molar-refractivity contribution in [3.8, 4) is 0 Å². The summed E-state index contributed by atoms with van der Waals surface area (Å²) in [6, 6.07) is 7.25. The van der Waals surface area contributed by atoms with E-state index in [0.29, 0.717) is 5.56 Å². The van der Waals surface area contributed by atoms with E-state index in [1.807, 2.05) is 12.1 Å². The van der Waals surface area contributed by atoms with Crippen LogP contribution < -0.4 is 0 Å². The molecule has 1 saturated heterocycles. The Morgan fingerprint density at radius 2 is 1.94 bits per heavy atom. The number of piperidine rings is 1. The molecule has 3 nitrogen and oxygen atoms in total. The Kier molecular flexibility index (Phi) is 3.57. The van der Waals surface area contributed by atoms with E-state index in [9.17, 15) is 4.79 Å². The van der Waals surface area contributed by atoms with Crippen LogP contribution >= 0.6 is 0 Å². The van der Waals surface area contributed by atoms with E-state index in [-0.39, 0.29) is 0 Å². The van der Waals surface area contributed by atoms with Crippen LogP contribution in [0.4, 0.5) is 0 Å². The van der Waals surface area contributed by atoms with Gasteiger partial charge in [-0.25, -0.2) is 4.79 Å². The molecule has 0 aromatic heterocycles. The van der Waals surface area contributed by atoms with Gasteiger partial charge >= 0.3 is 5.97 Å². The molecule has 0 aliphatic carbocycles. The molecule has 1 radical (unpaired) electrons. The molecule has 0 unspecified atom stereocenters. The average molecular weight is 218 g/mol. The minimum atomic E-state index is -0.834. The van der Waals surface area contributed by atoms with E-state index in [4.69, 9.17) is 5.11 Å². The maximum absolute atomic E-state index is 11.0. The zero-order valence-electron chi connectivity index (χ0n) is 9.22. The molecule has 0 amide bonds. The van der Waals surface area contributed by atoms with E-state index in [2.05, 4.69) is 11.3 Å². The molecule has 0 spiro atoms. The smallest absolute Gasteiger partial charge is 0.336 e. The van der Waals surface area contributed by atoms with Crippen LogP contribution in [-0.4, -0.2) is 29.1 Å². The van der Waals surface area contributed by atoms with Gasteiger partial charge < -0.3 is 5.11 Å². The quantitative estimate of drug-likeness (QED) is 0.845. The first-order chi connectivity index (χ1) is 7.77. The number of carboxylic acids is 1. The fourth-order valence-electron chi connectivity index (χ4n) is 2.07. The van der Waals surface area contributed by atoms with Gasteiger partial charge in [-0.2, -0.15) is 0 Å². The number of rotatable bonds is 3. The van der Waals surface area contributed by atoms with Gasteiger partial charge in [-0.05, 0) is 44.0 Å². The first-order valence-corrected chi connectivity index (χ1v) is 5.62. The lowest BCUT2D eigenvalue weighted by atomic mass is 10.1. The van der Waals surface area contributed by atoms with E-state index in [1.54, 1.807) is 12.1 Å². The van der Waals surface area contributed by atoms with Crippen LogP contribution in [0.15, 0.2) is 24.3 Å². The number of hydrogen-bond acceptors (Lipinski definition) is 2. The molecular weight excluding hydrogens is 202 g/mol. The summed E-state index contributed by atoms with van der Waals surface area (Å²) >= 11 is 0. The summed E-state index contributed by atoms with van der Waals surface area (Å²) in [6.45, 7) is 2.82. The third-order valence-electron chi connectivity index (χ3n) is 2.94. The van der Waals surface area contributed by atoms with Gasteiger partial charge in [0.15, 0.2) is 0 Å².